The monoisotopic (exact) mass is 552 g/mol. The number of carbonyl (C=O) groups excluding carboxylic acids is 1. The number of fused-ring (bicyclic) bond motifs is 1. The number of hydrogen-bond acceptors (Lipinski definition) is 7. The first-order valence-corrected chi connectivity index (χ1v) is 15.6. The van der Waals surface area contributed by atoms with Crippen molar-refractivity contribution < 1.29 is 13.2 Å². The summed E-state index contributed by atoms with van der Waals surface area (Å²) in [6.45, 7) is 2.78. The van der Waals surface area contributed by atoms with Crippen molar-refractivity contribution >= 4 is 54.4 Å². The van der Waals surface area contributed by atoms with Gasteiger partial charge in [-0.25, -0.2) is 13.4 Å². The summed E-state index contributed by atoms with van der Waals surface area (Å²) in [7, 11) is -3.61. The van der Waals surface area contributed by atoms with E-state index in [1.165, 1.54) is 23.5 Å². The smallest absolute Gasteiger partial charge is 0.260 e. The molecule has 0 spiro atoms. The number of sulfonamides is 1. The maximum absolute atomic E-state index is 13.8. The Balaban J connectivity index is 1.47. The van der Waals surface area contributed by atoms with Gasteiger partial charge in [-0.1, -0.05) is 23.8 Å². The number of rotatable bonds is 7. The molecular weight excluding hydrogens is 525 g/mol. The lowest BCUT2D eigenvalue weighted by molar-refractivity contribution is 0.0985. The van der Waals surface area contributed by atoms with Gasteiger partial charge >= 0.3 is 0 Å². The number of thiazole rings is 1. The highest BCUT2D eigenvalue weighted by atomic mass is 32.2. The molecule has 1 aliphatic heterocycles. The van der Waals surface area contributed by atoms with E-state index in [9.17, 15) is 13.2 Å². The highest BCUT2D eigenvalue weighted by Crippen LogP contribution is 2.33. The van der Waals surface area contributed by atoms with Crippen LogP contribution < -0.4 is 4.90 Å². The third-order valence-electron chi connectivity index (χ3n) is 6.57. The lowest BCUT2D eigenvalue weighted by Crippen LogP contribution is -2.41. The van der Waals surface area contributed by atoms with Crippen molar-refractivity contribution in [2.45, 2.75) is 48.6 Å². The van der Waals surface area contributed by atoms with Gasteiger partial charge in [0.2, 0.25) is 10.0 Å². The third kappa shape index (κ3) is 5.43. The average Bonchev–Trinajstić information content (AvgIpc) is 3.35. The zero-order chi connectivity index (χ0) is 26.0. The molecular formula is C27H28N4O3S3. The van der Waals surface area contributed by atoms with Crippen LogP contribution in [-0.2, 0) is 16.6 Å². The molecule has 2 aromatic carbocycles. The number of thioether (sulfide) groups is 1. The number of carbonyl (C=O) groups is 1. The highest BCUT2D eigenvalue weighted by molar-refractivity contribution is 7.98. The summed E-state index contributed by atoms with van der Waals surface area (Å²) >= 11 is 3.12. The molecule has 1 amide bonds. The van der Waals surface area contributed by atoms with Crippen LogP contribution >= 0.6 is 23.1 Å². The number of benzene rings is 2. The van der Waals surface area contributed by atoms with Crippen LogP contribution in [0.5, 0.6) is 0 Å². The van der Waals surface area contributed by atoms with Gasteiger partial charge in [0.1, 0.15) is 0 Å². The fourth-order valence-corrected chi connectivity index (χ4v) is 7.74. The second-order valence-corrected chi connectivity index (χ2v) is 12.8. The summed E-state index contributed by atoms with van der Waals surface area (Å²) in [4.78, 5) is 25.7. The van der Waals surface area contributed by atoms with Crippen LogP contribution in [0.2, 0.25) is 0 Å². The molecule has 0 bridgehead atoms. The number of nitrogens with zero attached hydrogens (tertiary/aromatic N) is 4. The molecule has 3 heterocycles. The van der Waals surface area contributed by atoms with Crippen molar-refractivity contribution in [1.29, 1.82) is 0 Å². The Kier molecular flexibility index (Phi) is 7.62. The van der Waals surface area contributed by atoms with Gasteiger partial charge in [0.05, 0.1) is 21.7 Å². The first-order valence-electron chi connectivity index (χ1n) is 12.1. The predicted molar refractivity (Wildman–Crippen MR) is 150 cm³/mol. The summed E-state index contributed by atoms with van der Waals surface area (Å²) in [5.74, 6) is -0.247. The molecule has 1 atom stereocenters. The fourth-order valence-electron chi connectivity index (χ4n) is 4.53. The molecule has 7 nitrogen and oxygen atoms in total. The molecule has 1 saturated heterocycles. The van der Waals surface area contributed by atoms with Crippen molar-refractivity contribution in [2.75, 3.05) is 17.7 Å². The molecule has 1 aliphatic rings. The number of aromatic nitrogens is 2. The minimum absolute atomic E-state index is 0.0271. The van der Waals surface area contributed by atoms with Gasteiger partial charge in [0.15, 0.2) is 5.13 Å². The summed E-state index contributed by atoms with van der Waals surface area (Å²) in [6.07, 6.45) is 8.22. The number of hydrogen-bond donors (Lipinski definition) is 0. The Labute approximate surface area is 225 Å². The Morgan fingerprint density at radius 3 is 2.68 bits per heavy atom. The quantitative estimate of drug-likeness (QED) is 0.269. The molecule has 2 aromatic heterocycles. The Hall–Kier alpha value is -2.79. The van der Waals surface area contributed by atoms with Gasteiger partial charge in [-0.05, 0) is 80.1 Å². The Bertz CT molecular complexity index is 1510. The molecule has 0 aliphatic carbocycles. The van der Waals surface area contributed by atoms with Crippen LogP contribution in [0.3, 0.4) is 0 Å². The van der Waals surface area contributed by atoms with E-state index in [1.54, 1.807) is 45.5 Å². The topological polar surface area (TPSA) is 83.5 Å². The minimum Gasteiger partial charge on any atom is -0.279 e. The van der Waals surface area contributed by atoms with Gasteiger partial charge in [0, 0.05) is 35.4 Å². The van der Waals surface area contributed by atoms with Crippen molar-refractivity contribution in [2.24, 2.45) is 0 Å². The first kappa shape index (κ1) is 25.8. The van der Waals surface area contributed by atoms with Crippen LogP contribution in [-0.4, -0.2) is 47.4 Å². The van der Waals surface area contributed by atoms with Gasteiger partial charge in [0.25, 0.3) is 5.91 Å². The fraction of sp³-hybridized carbons (Fsp3) is 0.296. The molecule has 0 saturated carbocycles. The maximum atomic E-state index is 13.8. The molecule has 5 rings (SSSR count). The summed E-state index contributed by atoms with van der Waals surface area (Å²) in [6, 6.07) is 16.1. The second-order valence-electron chi connectivity index (χ2n) is 9.07. The molecule has 37 heavy (non-hydrogen) atoms. The SMILES string of the molecule is CSc1ccc2nc(N(Cc3cccnc3)C(=O)c3ccc(S(=O)(=O)N4CCCCC4C)cc3)sc2c1. The lowest BCUT2D eigenvalue weighted by Gasteiger charge is -2.32. The number of piperidine rings is 1. The Morgan fingerprint density at radius 1 is 1.16 bits per heavy atom. The summed E-state index contributed by atoms with van der Waals surface area (Å²) in [5.41, 5.74) is 2.11. The zero-order valence-electron chi connectivity index (χ0n) is 20.7. The third-order valence-corrected chi connectivity index (χ3v) is 10.4. The van der Waals surface area contributed by atoms with Crippen molar-refractivity contribution in [1.82, 2.24) is 14.3 Å². The van der Waals surface area contributed by atoms with Crippen LogP contribution in [0.15, 0.2) is 76.8 Å². The first-order chi connectivity index (χ1) is 17.9. The number of anilines is 1. The minimum atomic E-state index is -3.61. The van der Waals surface area contributed by atoms with Crippen molar-refractivity contribution in [3.63, 3.8) is 0 Å². The van der Waals surface area contributed by atoms with Gasteiger partial charge in [-0.2, -0.15) is 4.31 Å². The largest absolute Gasteiger partial charge is 0.279 e. The zero-order valence-corrected chi connectivity index (χ0v) is 23.2. The molecule has 0 radical (unpaired) electrons. The van der Waals surface area contributed by atoms with Crippen LogP contribution in [0.25, 0.3) is 10.2 Å². The van der Waals surface area contributed by atoms with E-state index in [-0.39, 0.29) is 16.8 Å². The van der Waals surface area contributed by atoms with E-state index in [2.05, 4.69) is 11.1 Å². The van der Waals surface area contributed by atoms with Crippen molar-refractivity contribution in [3.8, 4) is 0 Å². The van der Waals surface area contributed by atoms with Gasteiger partial charge in [-0.15, -0.1) is 11.8 Å². The molecule has 1 fully saturated rings. The van der Waals surface area contributed by atoms with E-state index < -0.39 is 10.0 Å². The summed E-state index contributed by atoms with van der Waals surface area (Å²) < 4.78 is 29.1. The summed E-state index contributed by atoms with van der Waals surface area (Å²) in [5, 5.41) is 0.584. The average molecular weight is 553 g/mol. The molecule has 4 aromatic rings. The number of pyridine rings is 1. The van der Waals surface area contributed by atoms with Crippen LogP contribution in [0, 0.1) is 0 Å². The van der Waals surface area contributed by atoms with E-state index in [0.717, 1.165) is 39.9 Å². The lowest BCUT2D eigenvalue weighted by atomic mass is 10.1. The van der Waals surface area contributed by atoms with E-state index in [4.69, 9.17) is 4.98 Å². The second kappa shape index (κ2) is 10.9. The van der Waals surface area contributed by atoms with E-state index >= 15 is 0 Å². The van der Waals surface area contributed by atoms with Gasteiger partial charge in [-0.3, -0.25) is 14.7 Å². The van der Waals surface area contributed by atoms with Crippen LogP contribution in [0.1, 0.15) is 42.1 Å². The molecule has 192 valence electrons. The molecule has 0 N–H and O–H groups in total. The van der Waals surface area contributed by atoms with Crippen molar-refractivity contribution in [3.05, 3.63) is 78.1 Å². The molecule has 10 heteroatoms. The van der Waals surface area contributed by atoms with E-state index in [1.807, 2.05) is 37.4 Å². The predicted octanol–water partition coefficient (Wildman–Crippen LogP) is 5.82. The standard InChI is InChI=1S/C27H28N4O3S3/c1-19-6-3-4-15-31(19)37(33,34)23-11-8-21(9-12-23)26(32)30(18-20-7-5-14-28-17-20)27-29-24-13-10-22(35-2)16-25(24)36-27/h5,7-14,16-17,19H,3-4,6,15,18H2,1-2H3. The van der Waals surface area contributed by atoms with Gasteiger partial charge < -0.3 is 0 Å². The Morgan fingerprint density at radius 2 is 1.97 bits per heavy atom. The van der Waals surface area contributed by atoms with E-state index in [0.29, 0.717) is 23.8 Å². The molecule has 1 unspecified atom stereocenters. The maximum Gasteiger partial charge on any atom is 0.260 e. The number of amides is 1. The highest BCUT2D eigenvalue weighted by Gasteiger charge is 2.31. The normalized spacial score (nSPS) is 16.6. The van der Waals surface area contributed by atoms with Crippen LogP contribution in [0.4, 0.5) is 5.13 Å².